The number of aromatic nitrogens is 3. The first-order valence-electron chi connectivity index (χ1n) is 9.27. The van der Waals surface area contributed by atoms with Crippen molar-refractivity contribution in [1.82, 2.24) is 20.3 Å². The molecule has 0 aliphatic heterocycles. The van der Waals surface area contributed by atoms with Crippen LogP contribution in [-0.2, 0) is 0 Å². The van der Waals surface area contributed by atoms with Crippen LogP contribution >= 0.6 is 0 Å². The first kappa shape index (κ1) is 19.3. The van der Waals surface area contributed by atoms with Gasteiger partial charge >= 0.3 is 0 Å². The molecule has 2 aromatic carbocycles. The van der Waals surface area contributed by atoms with E-state index in [1.165, 1.54) is 12.1 Å². The number of anilines is 1. The second-order valence-electron chi connectivity index (χ2n) is 6.90. The maximum Gasteiger partial charge on any atom is 0.287 e. The van der Waals surface area contributed by atoms with E-state index < -0.39 is 5.91 Å². The highest BCUT2D eigenvalue weighted by molar-refractivity contribution is 6.15. The monoisotopic (exact) mass is 402 g/mol. The van der Waals surface area contributed by atoms with E-state index in [4.69, 9.17) is 11.1 Å². The molecule has 7 nitrogen and oxygen atoms in total. The maximum absolute atomic E-state index is 13.1. The summed E-state index contributed by atoms with van der Waals surface area (Å²) in [6.45, 7) is 1.81. The predicted octanol–water partition coefficient (Wildman–Crippen LogP) is 3.59. The Labute approximate surface area is 171 Å². The molecule has 5 N–H and O–H groups in total. The van der Waals surface area contributed by atoms with Crippen LogP contribution in [0.2, 0.25) is 0 Å². The average molecular weight is 402 g/mol. The van der Waals surface area contributed by atoms with Crippen molar-refractivity contribution in [2.75, 3.05) is 5.73 Å². The topological polar surface area (TPSA) is 121 Å². The number of nitrogens with one attached hydrogen (secondary N) is 3. The van der Waals surface area contributed by atoms with Gasteiger partial charge in [0.2, 0.25) is 0 Å². The van der Waals surface area contributed by atoms with Crippen LogP contribution in [0.4, 0.5) is 10.1 Å². The molecule has 1 amide bonds. The van der Waals surface area contributed by atoms with E-state index in [9.17, 15) is 9.18 Å². The molecule has 30 heavy (non-hydrogen) atoms. The van der Waals surface area contributed by atoms with Crippen LogP contribution < -0.4 is 11.1 Å². The number of imidazole rings is 1. The number of amides is 1. The summed E-state index contributed by atoms with van der Waals surface area (Å²) in [5.41, 5.74) is 9.89. The van der Waals surface area contributed by atoms with E-state index in [1.807, 2.05) is 0 Å². The highest BCUT2D eigenvalue weighted by atomic mass is 19.1. The van der Waals surface area contributed by atoms with Gasteiger partial charge in [0.25, 0.3) is 5.91 Å². The number of hydrogen-bond acceptors (Lipinski definition) is 5. The summed E-state index contributed by atoms with van der Waals surface area (Å²) >= 11 is 0. The molecular formula is C22H19FN6O. The largest absolute Gasteiger partial charge is 0.398 e. The molecule has 0 bridgehead atoms. The highest BCUT2D eigenvalue weighted by Crippen LogP contribution is 2.23. The lowest BCUT2D eigenvalue weighted by molar-refractivity contribution is 0.0930. The van der Waals surface area contributed by atoms with E-state index in [1.54, 1.807) is 55.7 Å². The van der Waals surface area contributed by atoms with Crippen molar-refractivity contribution in [2.24, 2.45) is 0 Å². The van der Waals surface area contributed by atoms with Crippen molar-refractivity contribution in [3.63, 3.8) is 0 Å². The van der Waals surface area contributed by atoms with Gasteiger partial charge in [-0.25, -0.2) is 9.37 Å². The second-order valence-corrected chi connectivity index (χ2v) is 6.90. The lowest BCUT2D eigenvalue weighted by Crippen LogP contribution is -2.27. The molecule has 2 aromatic heterocycles. The molecule has 0 aliphatic rings. The van der Waals surface area contributed by atoms with Gasteiger partial charge in [0.15, 0.2) is 5.82 Å². The number of nitrogens with two attached hydrogens (primary N) is 1. The zero-order valence-corrected chi connectivity index (χ0v) is 16.1. The number of H-pyrrole nitrogens is 1. The number of carbonyl (C=O) groups is 1. The standard InChI is InChI=1S/C22H19FN6O/c1-12(13-2-4-15(23)5-3-13)27-22(30)21-28-18-10-16(17(24)11-19(18)29-21)20(25)14-6-8-26-9-7-14/h2-12,25H,24H2,1H3,(H,27,30)(H,28,29)/t12-/m1/s1. The fourth-order valence-electron chi connectivity index (χ4n) is 3.17. The Hall–Kier alpha value is -4.07. The second kappa shape index (κ2) is 7.75. The predicted molar refractivity (Wildman–Crippen MR) is 113 cm³/mol. The molecule has 8 heteroatoms. The Kier molecular flexibility index (Phi) is 4.97. The Balaban J connectivity index is 1.59. The highest BCUT2D eigenvalue weighted by Gasteiger charge is 2.17. The van der Waals surface area contributed by atoms with Crippen LogP contribution in [-0.4, -0.2) is 26.6 Å². The summed E-state index contributed by atoms with van der Waals surface area (Å²) in [4.78, 5) is 23.9. The fourth-order valence-corrected chi connectivity index (χ4v) is 3.17. The Morgan fingerprint density at radius 1 is 1.17 bits per heavy atom. The van der Waals surface area contributed by atoms with Crippen molar-refractivity contribution in [1.29, 1.82) is 5.41 Å². The molecule has 0 unspecified atom stereocenters. The molecule has 4 aromatic rings. The van der Waals surface area contributed by atoms with Gasteiger partial charge in [-0.05, 0) is 48.9 Å². The van der Waals surface area contributed by atoms with E-state index in [0.717, 1.165) is 5.56 Å². The zero-order valence-electron chi connectivity index (χ0n) is 16.1. The molecular weight excluding hydrogens is 383 g/mol. The molecule has 2 heterocycles. The number of nitrogens with zero attached hydrogens (tertiary/aromatic N) is 2. The van der Waals surface area contributed by atoms with Crippen LogP contribution in [0, 0.1) is 11.2 Å². The number of halogens is 1. The van der Waals surface area contributed by atoms with Gasteiger partial charge < -0.3 is 16.0 Å². The van der Waals surface area contributed by atoms with Crippen molar-refractivity contribution in [3.05, 3.63) is 89.3 Å². The average Bonchev–Trinajstić information content (AvgIpc) is 3.16. The van der Waals surface area contributed by atoms with E-state index in [2.05, 4.69) is 20.3 Å². The number of pyridine rings is 1. The lowest BCUT2D eigenvalue weighted by atomic mass is 10.0. The van der Waals surface area contributed by atoms with Crippen molar-refractivity contribution in [3.8, 4) is 0 Å². The summed E-state index contributed by atoms with van der Waals surface area (Å²) in [6, 6.07) is 12.4. The van der Waals surface area contributed by atoms with E-state index in [0.29, 0.717) is 27.8 Å². The van der Waals surface area contributed by atoms with Crippen molar-refractivity contribution < 1.29 is 9.18 Å². The molecule has 0 aliphatic carbocycles. The molecule has 0 radical (unpaired) electrons. The van der Waals surface area contributed by atoms with Crippen LogP contribution in [0.25, 0.3) is 11.0 Å². The summed E-state index contributed by atoms with van der Waals surface area (Å²) < 4.78 is 13.1. The Morgan fingerprint density at radius 2 is 1.87 bits per heavy atom. The first-order valence-corrected chi connectivity index (χ1v) is 9.27. The molecule has 150 valence electrons. The number of carbonyl (C=O) groups excluding carboxylic acids is 1. The van der Waals surface area contributed by atoms with Gasteiger partial charge in [0.05, 0.1) is 22.8 Å². The number of fused-ring (bicyclic) bond motifs is 1. The van der Waals surface area contributed by atoms with Crippen molar-refractivity contribution >= 4 is 28.3 Å². The normalized spacial score (nSPS) is 11.9. The number of benzene rings is 2. The van der Waals surface area contributed by atoms with Crippen LogP contribution in [0.15, 0.2) is 60.9 Å². The quantitative estimate of drug-likeness (QED) is 0.301. The van der Waals surface area contributed by atoms with Gasteiger partial charge in [0, 0.05) is 29.2 Å². The summed E-state index contributed by atoms with van der Waals surface area (Å²) in [6.07, 6.45) is 3.22. The zero-order chi connectivity index (χ0) is 21.3. The maximum atomic E-state index is 13.1. The van der Waals surface area contributed by atoms with Crippen LogP contribution in [0.3, 0.4) is 0 Å². The number of rotatable bonds is 5. The third-order valence-corrected chi connectivity index (χ3v) is 4.82. The van der Waals surface area contributed by atoms with E-state index >= 15 is 0 Å². The van der Waals surface area contributed by atoms with E-state index in [-0.39, 0.29) is 23.4 Å². The van der Waals surface area contributed by atoms with Crippen molar-refractivity contribution in [2.45, 2.75) is 13.0 Å². The van der Waals surface area contributed by atoms with Gasteiger partial charge in [-0.1, -0.05) is 12.1 Å². The number of hydrogen-bond donors (Lipinski definition) is 4. The molecule has 0 fully saturated rings. The summed E-state index contributed by atoms with van der Waals surface area (Å²) in [5, 5.41) is 11.3. The SMILES string of the molecule is C[C@@H](NC(=O)c1nc2cc(N)c(C(=N)c3ccncc3)cc2[nH]1)c1ccc(F)cc1. The minimum absolute atomic E-state index is 0.131. The van der Waals surface area contributed by atoms with Crippen LogP contribution in [0.1, 0.15) is 40.3 Å². The Bertz CT molecular complexity index is 1230. The van der Waals surface area contributed by atoms with Gasteiger partial charge in [-0.2, -0.15) is 0 Å². The summed E-state index contributed by atoms with van der Waals surface area (Å²) in [7, 11) is 0. The Morgan fingerprint density at radius 3 is 2.57 bits per heavy atom. The smallest absolute Gasteiger partial charge is 0.287 e. The van der Waals surface area contributed by atoms with Gasteiger partial charge in [-0.15, -0.1) is 0 Å². The molecule has 4 rings (SSSR count). The third kappa shape index (κ3) is 3.75. The van der Waals surface area contributed by atoms with Gasteiger partial charge in [-0.3, -0.25) is 15.2 Å². The first-order chi connectivity index (χ1) is 14.4. The molecule has 1 atom stereocenters. The molecule has 0 saturated heterocycles. The molecule has 0 spiro atoms. The summed E-state index contributed by atoms with van der Waals surface area (Å²) in [5.74, 6) is -0.599. The number of aromatic amines is 1. The minimum Gasteiger partial charge on any atom is -0.398 e. The minimum atomic E-state index is -0.396. The van der Waals surface area contributed by atoms with Crippen LogP contribution in [0.5, 0.6) is 0 Å². The van der Waals surface area contributed by atoms with Gasteiger partial charge in [0.1, 0.15) is 5.82 Å². The lowest BCUT2D eigenvalue weighted by Gasteiger charge is -2.13. The molecule has 0 saturated carbocycles. The third-order valence-electron chi connectivity index (χ3n) is 4.82. The fraction of sp³-hybridized carbons (Fsp3) is 0.0909. The number of nitrogen functional groups attached to an aromatic ring is 1.